The number of allylic oxidation sites excluding steroid dienone is 1. The number of fused-ring (bicyclic) bond motifs is 1. The Labute approximate surface area is 162 Å². The first-order valence-electron chi connectivity index (χ1n) is 10.0. The fourth-order valence-corrected chi connectivity index (χ4v) is 4.00. The summed E-state index contributed by atoms with van der Waals surface area (Å²) in [7, 11) is 1.48. The highest BCUT2D eigenvalue weighted by atomic mass is 16.5. The van der Waals surface area contributed by atoms with Crippen LogP contribution in [-0.2, 0) is 22.6 Å². The lowest BCUT2D eigenvalue weighted by Crippen LogP contribution is -2.44. The maximum Gasteiger partial charge on any atom is 0.323 e. The molecule has 0 aromatic heterocycles. The summed E-state index contributed by atoms with van der Waals surface area (Å²) in [5.41, 5.74) is 3.85. The topological polar surface area (TPSA) is 42.0 Å². The van der Waals surface area contributed by atoms with Gasteiger partial charge in [0.15, 0.2) is 0 Å². The minimum atomic E-state index is -0.118. The number of rotatable bonds is 5. The van der Waals surface area contributed by atoms with E-state index in [9.17, 15) is 4.79 Å². The number of carbonyl (C=O) groups excluding carboxylic acids is 1. The number of benzene rings is 1. The van der Waals surface area contributed by atoms with Gasteiger partial charge in [0.2, 0.25) is 0 Å². The van der Waals surface area contributed by atoms with Crippen molar-refractivity contribution in [3.63, 3.8) is 0 Å². The lowest BCUT2D eigenvalue weighted by molar-refractivity contribution is -0.148. The van der Waals surface area contributed by atoms with Crippen LogP contribution in [-0.4, -0.2) is 55.2 Å². The monoisotopic (exact) mass is 372 g/mol. The molecule has 2 aliphatic rings. The Kier molecular flexibility index (Phi) is 6.91. The highest BCUT2D eigenvalue weighted by Gasteiger charge is 2.29. The van der Waals surface area contributed by atoms with Gasteiger partial charge in [-0.25, -0.2) is 0 Å². The molecule has 0 saturated carbocycles. The van der Waals surface area contributed by atoms with Crippen LogP contribution in [0.4, 0.5) is 0 Å². The number of piperidine rings is 1. The second-order valence-electron chi connectivity index (χ2n) is 7.64. The molecule has 1 atom stereocenters. The largest absolute Gasteiger partial charge is 0.492 e. The maximum absolute atomic E-state index is 12.1. The van der Waals surface area contributed by atoms with E-state index in [-0.39, 0.29) is 12.0 Å². The van der Waals surface area contributed by atoms with Crippen LogP contribution in [0, 0.1) is 0 Å². The zero-order chi connectivity index (χ0) is 19.2. The summed E-state index contributed by atoms with van der Waals surface area (Å²) in [5, 5.41) is 0. The predicted molar refractivity (Wildman–Crippen MR) is 107 cm³/mol. The summed E-state index contributed by atoms with van der Waals surface area (Å²) in [5.74, 6) is 0.878. The summed E-state index contributed by atoms with van der Waals surface area (Å²) < 4.78 is 11.0. The number of nitrogens with zero attached hydrogens (tertiary/aromatic N) is 2. The van der Waals surface area contributed by atoms with Crippen molar-refractivity contribution in [1.29, 1.82) is 0 Å². The summed E-state index contributed by atoms with van der Waals surface area (Å²) in [6.07, 6.45) is 5.29. The molecular weight excluding hydrogens is 340 g/mol. The Morgan fingerprint density at radius 2 is 2.19 bits per heavy atom. The van der Waals surface area contributed by atoms with Gasteiger partial charge in [0.1, 0.15) is 18.4 Å². The van der Waals surface area contributed by atoms with Gasteiger partial charge in [0.25, 0.3) is 0 Å². The standard InChI is InChI=1S/C22H32N2O3/c1-4-17(2)14-23-11-12-27-21-9-8-18(13-19(21)16-23)15-24-10-6-5-7-20(24)22(25)26-3/h4,8-9,13,20H,5-7,10-12,14-16H2,1-3H3/b17-4+/t20-/m1/s1. The average Bonchev–Trinajstić information content (AvgIpc) is 2.88. The zero-order valence-corrected chi connectivity index (χ0v) is 16.9. The number of esters is 1. The van der Waals surface area contributed by atoms with Crippen LogP contribution >= 0.6 is 0 Å². The molecule has 3 rings (SSSR count). The third-order valence-electron chi connectivity index (χ3n) is 5.62. The number of hydrogen-bond donors (Lipinski definition) is 0. The number of likely N-dealkylation sites (tertiary alicyclic amines) is 1. The molecule has 0 radical (unpaired) electrons. The van der Waals surface area contributed by atoms with Gasteiger partial charge >= 0.3 is 5.97 Å². The van der Waals surface area contributed by atoms with E-state index in [1.807, 2.05) is 0 Å². The van der Waals surface area contributed by atoms with Crippen LogP contribution in [0.3, 0.4) is 0 Å². The molecule has 0 aliphatic carbocycles. The van der Waals surface area contributed by atoms with Crippen molar-refractivity contribution in [1.82, 2.24) is 9.80 Å². The van der Waals surface area contributed by atoms with Gasteiger partial charge < -0.3 is 9.47 Å². The van der Waals surface area contributed by atoms with Crippen LogP contribution in [0.15, 0.2) is 29.8 Å². The molecular formula is C22H32N2O3. The quantitative estimate of drug-likeness (QED) is 0.586. The maximum atomic E-state index is 12.1. The van der Waals surface area contributed by atoms with Crippen LogP contribution < -0.4 is 4.74 Å². The van der Waals surface area contributed by atoms with Gasteiger partial charge in [-0.05, 0) is 50.9 Å². The van der Waals surface area contributed by atoms with Gasteiger partial charge in [0, 0.05) is 31.7 Å². The average molecular weight is 373 g/mol. The molecule has 1 aromatic rings. The van der Waals surface area contributed by atoms with E-state index in [0.717, 1.165) is 64.3 Å². The lowest BCUT2D eigenvalue weighted by atomic mass is 10.0. The fourth-order valence-electron chi connectivity index (χ4n) is 4.00. The predicted octanol–water partition coefficient (Wildman–Crippen LogP) is 3.37. The van der Waals surface area contributed by atoms with E-state index >= 15 is 0 Å². The molecule has 0 N–H and O–H groups in total. The van der Waals surface area contributed by atoms with E-state index in [0.29, 0.717) is 0 Å². The van der Waals surface area contributed by atoms with E-state index in [1.54, 1.807) is 0 Å². The van der Waals surface area contributed by atoms with Crippen LogP contribution in [0.2, 0.25) is 0 Å². The normalized spacial score (nSPS) is 21.9. The molecule has 27 heavy (non-hydrogen) atoms. The Bertz CT molecular complexity index is 686. The van der Waals surface area contributed by atoms with Crippen molar-refractivity contribution in [2.24, 2.45) is 0 Å². The molecule has 0 unspecified atom stereocenters. The number of methoxy groups -OCH3 is 1. The minimum absolute atomic E-state index is 0.110. The van der Waals surface area contributed by atoms with Crippen molar-refractivity contribution in [2.45, 2.75) is 52.2 Å². The summed E-state index contributed by atoms with van der Waals surface area (Å²) in [4.78, 5) is 16.8. The number of ether oxygens (including phenoxy) is 2. The molecule has 5 heteroatoms. The Balaban J connectivity index is 1.73. The van der Waals surface area contributed by atoms with Crippen molar-refractivity contribution in [2.75, 3.05) is 33.4 Å². The van der Waals surface area contributed by atoms with Crippen molar-refractivity contribution in [3.8, 4) is 5.75 Å². The first-order chi connectivity index (χ1) is 13.1. The molecule has 0 bridgehead atoms. The number of carbonyl (C=O) groups is 1. The summed E-state index contributed by atoms with van der Waals surface area (Å²) in [6.45, 7) is 9.51. The highest BCUT2D eigenvalue weighted by Crippen LogP contribution is 2.27. The molecule has 0 amide bonds. The molecule has 1 fully saturated rings. The number of hydrogen-bond acceptors (Lipinski definition) is 5. The van der Waals surface area contributed by atoms with Crippen LogP contribution in [0.25, 0.3) is 0 Å². The Hall–Kier alpha value is -1.85. The molecule has 1 aromatic carbocycles. The molecule has 1 saturated heterocycles. The SMILES string of the molecule is C/C=C(\C)CN1CCOc2ccc(CN3CCCC[C@@H]3C(=O)OC)cc2C1. The van der Waals surface area contributed by atoms with Gasteiger partial charge in [-0.15, -0.1) is 0 Å². The highest BCUT2D eigenvalue weighted by molar-refractivity contribution is 5.75. The van der Waals surface area contributed by atoms with Crippen LogP contribution in [0.5, 0.6) is 5.75 Å². The van der Waals surface area contributed by atoms with Crippen molar-refractivity contribution in [3.05, 3.63) is 41.0 Å². The zero-order valence-electron chi connectivity index (χ0n) is 16.9. The minimum Gasteiger partial charge on any atom is -0.492 e. The molecule has 2 heterocycles. The molecule has 5 nitrogen and oxygen atoms in total. The third kappa shape index (κ3) is 5.11. The van der Waals surface area contributed by atoms with Crippen molar-refractivity contribution < 1.29 is 14.3 Å². The Morgan fingerprint density at radius 1 is 1.33 bits per heavy atom. The lowest BCUT2D eigenvalue weighted by Gasteiger charge is -2.33. The van der Waals surface area contributed by atoms with Gasteiger partial charge in [-0.1, -0.05) is 24.1 Å². The van der Waals surface area contributed by atoms with E-state index in [4.69, 9.17) is 9.47 Å². The summed E-state index contributed by atoms with van der Waals surface area (Å²) >= 11 is 0. The van der Waals surface area contributed by atoms with Gasteiger partial charge in [-0.3, -0.25) is 14.6 Å². The third-order valence-corrected chi connectivity index (χ3v) is 5.62. The van der Waals surface area contributed by atoms with Gasteiger partial charge in [-0.2, -0.15) is 0 Å². The summed E-state index contributed by atoms with van der Waals surface area (Å²) in [6, 6.07) is 6.36. The van der Waals surface area contributed by atoms with Gasteiger partial charge in [0.05, 0.1) is 7.11 Å². The smallest absolute Gasteiger partial charge is 0.323 e. The second-order valence-corrected chi connectivity index (χ2v) is 7.64. The van der Waals surface area contributed by atoms with Crippen LogP contribution in [0.1, 0.15) is 44.2 Å². The van der Waals surface area contributed by atoms with E-state index in [2.05, 4.69) is 47.9 Å². The first-order valence-corrected chi connectivity index (χ1v) is 10.0. The molecule has 2 aliphatic heterocycles. The second kappa shape index (κ2) is 9.38. The Morgan fingerprint density at radius 3 is 2.96 bits per heavy atom. The van der Waals surface area contributed by atoms with E-state index < -0.39 is 0 Å². The van der Waals surface area contributed by atoms with Crippen molar-refractivity contribution >= 4 is 5.97 Å². The fraction of sp³-hybridized carbons (Fsp3) is 0.591. The first kappa shape index (κ1) is 19.9. The molecule has 0 spiro atoms. The molecule has 148 valence electrons. The van der Waals surface area contributed by atoms with E-state index in [1.165, 1.54) is 23.8 Å².